The summed E-state index contributed by atoms with van der Waals surface area (Å²) in [7, 11) is 0. The maximum Gasteiger partial charge on any atom is 0.0981 e. The Morgan fingerprint density at radius 1 is 1.50 bits per heavy atom. The van der Waals surface area contributed by atoms with Gasteiger partial charge in [-0.1, -0.05) is 6.92 Å². The molecule has 0 amide bonds. The summed E-state index contributed by atoms with van der Waals surface area (Å²) in [5.74, 6) is 0.844. The number of rotatable bonds is 0. The normalized spacial score (nSPS) is 8.60. The van der Waals surface area contributed by atoms with Crippen molar-refractivity contribution in [1.29, 1.82) is 0 Å². The van der Waals surface area contributed by atoms with Gasteiger partial charge in [0.25, 0.3) is 0 Å². The quantitative estimate of drug-likeness (QED) is 0.539. The van der Waals surface area contributed by atoms with E-state index in [1.807, 2.05) is 13.8 Å². The van der Waals surface area contributed by atoms with Crippen molar-refractivity contribution < 1.29 is 32.7 Å². The van der Waals surface area contributed by atoms with Crippen LogP contribution in [0.1, 0.15) is 11.5 Å². The summed E-state index contributed by atoms with van der Waals surface area (Å²) in [6.45, 7) is 3.78. The SMILES string of the molecule is Cc1[c-]c(=S)nc(C)[nH]1.[Y]. The van der Waals surface area contributed by atoms with Gasteiger partial charge in [0, 0.05) is 32.7 Å². The number of aryl methyl sites for hydroxylation is 2. The minimum atomic E-state index is 0. The van der Waals surface area contributed by atoms with Crippen LogP contribution in [0.3, 0.4) is 0 Å². The van der Waals surface area contributed by atoms with Gasteiger partial charge >= 0.3 is 0 Å². The molecule has 0 spiro atoms. The molecule has 1 N–H and O–H groups in total. The predicted octanol–water partition coefficient (Wildman–Crippen LogP) is 1.55. The van der Waals surface area contributed by atoms with E-state index in [2.05, 4.69) is 16.0 Å². The van der Waals surface area contributed by atoms with E-state index in [1.165, 1.54) is 0 Å². The van der Waals surface area contributed by atoms with Crippen LogP contribution in [0, 0.1) is 24.6 Å². The van der Waals surface area contributed by atoms with E-state index < -0.39 is 0 Å². The Kier molecular flexibility index (Phi) is 4.49. The second-order valence-corrected chi connectivity index (χ2v) is 2.26. The average molecular weight is 228 g/mol. The van der Waals surface area contributed by atoms with Crippen LogP contribution < -0.4 is 0 Å². The van der Waals surface area contributed by atoms with Gasteiger partial charge in [-0.05, 0) is 11.6 Å². The smallest absolute Gasteiger partial charge is 0.0981 e. The molecule has 1 heterocycles. The molecule has 0 fully saturated rings. The standard InChI is InChI=1S/C6H7N2S.Y/c1-4-3-6(9)8-5(2)7-4;/h1-2H3,(H,7,8,9);/q-1;. The third kappa shape index (κ3) is 2.99. The summed E-state index contributed by atoms with van der Waals surface area (Å²) in [4.78, 5) is 6.92. The number of hydrogen-bond acceptors (Lipinski definition) is 2. The first kappa shape index (κ1) is 10.4. The van der Waals surface area contributed by atoms with E-state index in [9.17, 15) is 0 Å². The van der Waals surface area contributed by atoms with Gasteiger partial charge in [0.15, 0.2) is 0 Å². The maximum absolute atomic E-state index is 4.80. The fraction of sp³-hybridized carbons (Fsp3) is 0.333. The van der Waals surface area contributed by atoms with E-state index >= 15 is 0 Å². The van der Waals surface area contributed by atoms with Crippen molar-refractivity contribution in [2.45, 2.75) is 13.8 Å². The van der Waals surface area contributed by atoms with Crippen molar-refractivity contribution in [2.75, 3.05) is 0 Å². The molecular formula is C6H7N2SY-. The summed E-state index contributed by atoms with van der Waals surface area (Å²) < 4.78 is 0.531. The number of nitrogens with one attached hydrogen (secondary N) is 1. The van der Waals surface area contributed by atoms with E-state index in [-0.39, 0.29) is 32.7 Å². The van der Waals surface area contributed by atoms with E-state index in [4.69, 9.17) is 12.2 Å². The molecule has 1 aromatic heterocycles. The molecule has 0 atom stereocenters. The van der Waals surface area contributed by atoms with Gasteiger partial charge in [-0.2, -0.15) is 5.69 Å². The number of H-pyrrole nitrogens is 1. The second-order valence-electron chi connectivity index (χ2n) is 1.88. The van der Waals surface area contributed by atoms with Gasteiger partial charge in [-0.15, -0.1) is 12.2 Å². The van der Waals surface area contributed by atoms with Gasteiger partial charge in [0.05, 0.1) is 5.82 Å². The Hall–Kier alpha value is 0.404. The molecule has 0 aromatic carbocycles. The zero-order chi connectivity index (χ0) is 6.85. The van der Waals surface area contributed by atoms with Crippen LogP contribution in [0.15, 0.2) is 0 Å². The molecule has 0 saturated heterocycles. The predicted molar refractivity (Wildman–Crippen MR) is 37.7 cm³/mol. The summed E-state index contributed by atoms with van der Waals surface area (Å²) in [5.41, 5.74) is 0.938. The summed E-state index contributed by atoms with van der Waals surface area (Å²) in [5, 5.41) is 0. The Morgan fingerprint density at radius 3 is 2.50 bits per heavy atom. The van der Waals surface area contributed by atoms with Crippen molar-refractivity contribution in [3.8, 4) is 0 Å². The number of nitrogens with zero attached hydrogens (tertiary/aromatic N) is 1. The maximum atomic E-state index is 4.80. The van der Waals surface area contributed by atoms with Crippen molar-refractivity contribution in [3.05, 3.63) is 22.2 Å². The molecule has 0 saturated carbocycles. The Bertz CT molecular complexity index is 245. The zero-order valence-electron chi connectivity index (χ0n) is 5.93. The molecule has 4 heteroatoms. The van der Waals surface area contributed by atoms with Crippen molar-refractivity contribution in [1.82, 2.24) is 9.97 Å². The molecule has 1 rings (SSSR count). The minimum absolute atomic E-state index is 0. The van der Waals surface area contributed by atoms with Gasteiger partial charge in [-0.3, -0.25) is 4.98 Å². The molecule has 0 aliphatic carbocycles. The minimum Gasteiger partial charge on any atom is -0.413 e. The molecule has 10 heavy (non-hydrogen) atoms. The van der Waals surface area contributed by atoms with Crippen LogP contribution in [-0.4, -0.2) is 9.97 Å². The van der Waals surface area contributed by atoms with Crippen LogP contribution in [0.25, 0.3) is 0 Å². The molecule has 0 unspecified atom stereocenters. The topological polar surface area (TPSA) is 28.7 Å². The Balaban J connectivity index is 0.000000810. The van der Waals surface area contributed by atoms with Crippen molar-refractivity contribution >= 4 is 12.2 Å². The first-order valence-electron chi connectivity index (χ1n) is 2.65. The van der Waals surface area contributed by atoms with E-state index in [1.54, 1.807) is 0 Å². The Labute approximate surface area is 90.3 Å². The second kappa shape index (κ2) is 4.32. The third-order valence-corrected chi connectivity index (χ3v) is 1.13. The summed E-state index contributed by atoms with van der Waals surface area (Å²) in [6, 6.07) is 2.86. The monoisotopic (exact) mass is 228 g/mol. The van der Waals surface area contributed by atoms with Crippen molar-refractivity contribution in [2.24, 2.45) is 0 Å². The first-order chi connectivity index (χ1) is 4.18. The van der Waals surface area contributed by atoms with Gasteiger partial charge in [0.2, 0.25) is 0 Å². The van der Waals surface area contributed by atoms with E-state index in [0.717, 1.165) is 11.5 Å². The summed E-state index contributed by atoms with van der Waals surface area (Å²) in [6.07, 6.45) is 0. The molecule has 0 aliphatic rings. The molecule has 1 radical (unpaired) electrons. The molecule has 51 valence electrons. The number of aromatic amines is 1. The largest absolute Gasteiger partial charge is 0.413 e. The fourth-order valence-corrected chi connectivity index (χ4v) is 0.961. The Morgan fingerprint density at radius 2 is 2.10 bits per heavy atom. The zero-order valence-corrected chi connectivity index (χ0v) is 9.59. The van der Waals surface area contributed by atoms with Crippen LogP contribution in [0.5, 0.6) is 0 Å². The number of hydrogen-bond donors (Lipinski definition) is 1. The van der Waals surface area contributed by atoms with Crippen molar-refractivity contribution in [3.63, 3.8) is 0 Å². The summed E-state index contributed by atoms with van der Waals surface area (Å²) >= 11 is 4.80. The molecule has 0 bridgehead atoms. The fourth-order valence-electron chi connectivity index (χ4n) is 0.671. The first-order valence-corrected chi connectivity index (χ1v) is 3.06. The van der Waals surface area contributed by atoms with Crippen LogP contribution in [-0.2, 0) is 32.7 Å². The molecule has 2 nitrogen and oxygen atoms in total. The van der Waals surface area contributed by atoms with Crippen LogP contribution in [0.4, 0.5) is 0 Å². The molecule has 1 aromatic rings. The van der Waals surface area contributed by atoms with Gasteiger partial charge < -0.3 is 11.1 Å². The number of aromatic nitrogens is 2. The van der Waals surface area contributed by atoms with E-state index in [0.29, 0.717) is 4.64 Å². The van der Waals surface area contributed by atoms with Gasteiger partial charge in [-0.25, -0.2) is 0 Å². The third-order valence-electron chi connectivity index (χ3n) is 0.932. The van der Waals surface area contributed by atoms with Gasteiger partial charge in [0.1, 0.15) is 0 Å². The molecule has 0 aliphatic heterocycles. The molecular weight excluding hydrogens is 221 g/mol. The average Bonchev–Trinajstić information content (AvgIpc) is 1.59. The van der Waals surface area contributed by atoms with Crippen LogP contribution >= 0.6 is 12.2 Å². The van der Waals surface area contributed by atoms with Crippen LogP contribution in [0.2, 0.25) is 0 Å².